The van der Waals surface area contributed by atoms with Gasteiger partial charge in [0.25, 0.3) is 0 Å². The van der Waals surface area contributed by atoms with Crippen molar-refractivity contribution in [2.45, 2.75) is 13.3 Å². The molecule has 1 N–H and O–H groups in total. The summed E-state index contributed by atoms with van der Waals surface area (Å²) in [4.78, 5) is 8.63. The Hall–Kier alpha value is -2.00. The van der Waals surface area contributed by atoms with Crippen LogP contribution in [0.15, 0.2) is 27.6 Å². The lowest BCUT2D eigenvalue weighted by atomic mass is 10.3. The van der Waals surface area contributed by atoms with Crippen molar-refractivity contribution in [1.82, 2.24) is 10.3 Å². The lowest BCUT2D eigenvalue weighted by Crippen LogP contribution is -2.12. The first kappa shape index (κ1) is 12.5. The van der Waals surface area contributed by atoms with Gasteiger partial charge in [-0.15, -0.1) is 0 Å². The van der Waals surface area contributed by atoms with Gasteiger partial charge in [0.05, 0.1) is 5.69 Å². The topological polar surface area (TPSA) is 74.2 Å². The van der Waals surface area contributed by atoms with Crippen LogP contribution in [0.3, 0.4) is 0 Å². The van der Waals surface area contributed by atoms with E-state index in [4.69, 9.17) is 9.68 Å². The lowest BCUT2D eigenvalue weighted by molar-refractivity contribution is 0.538. The van der Waals surface area contributed by atoms with Crippen molar-refractivity contribution in [2.24, 2.45) is 4.99 Å². The number of hydrogen-bond acceptors (Lipinski definition) is 5. The smallest absolute Gasteiger partial charge is 0.195 e. The minimum Gasteiger partial charge on any atom is -0.441 e. The zero-order valence-corrected chi connectivity index (χ0v) is 10.9. The van der Waals surface area contributed by atoms with E-state index in [2.05, 4.69) is 15.3 Å². The molecule has 1 heterocycles. The second-order valence-electron chi connectivity index (χ2n) is 3.47. The monoisotopic (exact) mass is 260 g/mol. The van der Waals surface area contributed by atoms with Crippen molar-refractivity contribution >= 4 is 33.7 Å². The van der Waals surface area contributed by atoms with E-state index in [-0.39, 0.29) is 0 Å². The van der Waals surface area contributed by atoms with Crippen molar-refractivity contribution in [1.29, 1.82) is 5.26 Å². The van der Waals surface area contributed by atoms with Crippen LogP contribution in [0.25, 0.3) is 11.1 Å². The quantitative estimate of drug-likeness (QED) is 0.389. The summed E-state index contributed by atoms with van der Waals surface area (Å²) < 4.78 is 5.56. The maximum Gasteiger partial charge on any atom is 0.195 e. The molecule has 0 aliphatic heterocycles. The maximum absolute atomic E-state index is 8.57. The number of amidine groups is 1. The molecule has 0 amide bonds. The van der Waals surface area contributed by atoms with E-state index in [0.29, 0.717) is 16.6 Å². The molecule has 18 heavy (non-hydrogen) atoms. The summed E-state index contributed by atoms with van der Waals surface area (Å²) in [6.45, 7) is 1.99. The fourth-order valence-electron chi connectivity index (χ4n) is 1.47. The molecule has 0 saturated heterocycles. The Labute approximate surface area is 109 Å². The van der Waals surface area contributed by atoms with Crippen molar-refractivity contribution < 1.29 is 4.42 Å². The Kier molecular flexibility index (Phi) is 3.85. The van der Waals surface area contributed by atoms with Crippen LogP contribution < -0.4 is 5.32 Å². The van der Waals surface area contributed by atoms with Gasteiger partial charge in [-0.1, -0.05) is 18.7 Å². The van der Waals surface area contributed by atoms with Crippen molar-refractivity contribution in [3.63, 3.8) is 0 Å². The third kappa shape index (κ3) is 2.63. The highest BCUT2D eigenvalue weighted by molar-refractivity contribution is 8.13. The highest BCUT2D eigenvalue weighted by Gasteiger charge is 2.05. The molecule has 0 radical (unpaired) electrons. The fraction of sp³-hybridized carbons (Fsp3) is 0.250. The van der Waals surface area contributed by atoms with E-state index < -0.39 is 0 Å². The first-order valence-corrected chi connectivity index (χ1v) is 6.66. The molecular weight excluding hydrogens is 248 g/mol. The van der Waals surface area contributed by atoms with E-state index in [0.717, 1.165) is 17.6 Å². The predicted molar refractivity (Wildman–Crippen MR) is 72.7 cm³/mol. The molecule has 0 spiro atoms. The van der Waals surface area contributed by atoms with Gasteiger partial charge in [-0.2, -0.15) is 5.26 Å². The van der Waals surface area contributed by atoms with Crippen LogP contribution in [0.5, 0.6) is 0 Å². The molecule has 0 fully saturated rings. The van der Waals surface area contributed by atoms with Gasteiger partial charge in [-0.3, -0.25) is 5.32 Å². The number of thioether (sulfide) groups is 1. The summed E-state index contributed by atoms with van der Waals surface area (Å²) >= 11 is 1.37. The standard InChI is InChI=1S/C12H12N4OS/c1-3-11-16-9-5-4-8(6-10(9)17-11)15-12(18-2)14-7-13/h4-6H,3H2,1-2H3,(H,14,15). The molecule has 2 aromatic rings. The third-order valence-corrected chi connectivity index (χ3v) is 2.89. The Morgan fingerprint density at radius 1 is 1.61 bits per heavy atom. The van der Waals surface area contributed by atoms with E-state index in [1.807, 2.05) is 37.6 Å². The number of benzene rings is 1. The van der Waals surface area contributed by atoms with Crippen LogP contribution in [0.4, 0.5) is 5.69 Å². The molecule has 0 aliphatic rings. The molecule has 92 valence electrons. The van der Waals surface area contributed by atoms with Gasteiger partial charge in [0.2, 0.25) is 0 Å². The second-order valence-corrected chi connectivity index (χ2v) is 4.27. The number of aliphatic imine (C=N–C) groups is 1. The van der Waals surface area contributed by atoms with Gasteiger partial charge in [0, 0.05) is 12.5 Å². The van der Waals surface area contributed by atoms with Crippen LogP contribution in [-0.4, -0.2) is 16.4 Å². The average Bonchev–Trinajstić information content (AvgIpc) is 2.80. The Balaban J connectivity index is 2.37. The molecule has 5 nitrogen and oxygen atoms in total. The summed E-state index contributed by atoms with van der Waals surface area (Å²) in [5.41, 5.74) is 2.27. The fourth-order valence-corrected chi connectivity index (χ4v) is 1.82. The van der Waals surface area contributed by atoms with Crippen LogP contribution in [-0.2, 0) is 6.42 Å². The number of aryl methyl sites for hydroxylation is 1. The molecular formula is C12H12N4OS. The van der Waals surface area contributed by atoms with Gasteiger partial charge in [0.1, 0.15) is 5.52 Å². The summed E-state index contributed by atoms with van der Waals surface area (Å²) in [7, 11) is 0. The van der Waals surface area contributed by atoms with Crippen molar-refractivity contribution in [3.8, 4) is 6.19 Å². The van der Waals surface area contributed by atoms with Gasteiger partial charge >= 0.3 is 0 Å². The first-order chi connectivity index (χ1) is 8.76. The summed E-state index contributed by atoms with van der Waals surface area (Å²) in [6, 6.07) is 5.53. The number of nitrogens with zero attached hydrogens (tertiary/aromatic N) is 3. The Morgan fingerprint density at radius 3 is 3.11 bits per heavy atom. The predicted octanol–water partition coefficient (Wildman–Crippen LogP) is 2.81. The molecule has 0 unspecified atom stereocenters. The lowest BCUT2D eigenvalue weighted by Gasteiger charge is -1.98. The molecule has 1 aromatic heterocycles. The molecule has 6 heteroatoms. The van der Waals surface area contributed by atoms with E-state index in [1.165, 1.54) is 11.8 Å². The molecule has 0 atom stereocenters. The van der Waals surface area contributed by atoms with Crippen LogP contribution >= 0.6 is 11.8 Å². The van der Waals surface area contributed by atoms with Crippen LogP contribution in [0, 0.1) is 11.5 Å². The number of oxazole rings is 1. The number of aromatic nitrogens is 1. The largest absolute Gasteiger partial charge is 0.441 e. The zero-order valence-electron chi connectivity index (χ0n) is 10.1. The molecule has 2 rings (SSSR count). The summed E-state index contributed by atoms with van der Waals surface area (Å²) in [5.74, 6) is 0.714. The van der Waals surface area contributed by atoms with Crippen molar-refractivity contribution in [2.75, 3.05) is 6.26 Å². The first-order valence-electron chi connectivity index (χ1n) is 5.44. The maximum atomic E-state index is 8.57. The normalized spacial score (nSPS) is 11.5. The van der Waals surface area contributed by atoms with Gasteiger partial charge in [-0.05, 0) is 18.4 Å². The van der Waals surface area contributed by atoms with Crippen LogP contribution in [0.1, 0.15) is 12.8 Å². The average molecular weight is 260 g/mol. The van der Waals surface area contributed by atoms with Gasteiger partial charge < -0.3 is 4.42 Å². The number of nitriles is 1. The number of rotatable bonds is 2. The number of fused-ring (bicyclic) bond motifs is 1. The molecule has 0 aliphatic carbocycles. The van der Waals surface area contributed by atoms with E-state index in [1.54, 1.807) is 0 Å². The van der Waals surface area contributed by atoms with Gasteiger partial charge in [0.15, 0.2) is 22.8 Å². The van der Waals surface area contributed by atoms with E-state index in [9.17, 15) is 0 Å². The second kappa shape index (κ2) is 5.56. The van der Waals surface area contributed by atoms with Crippen LogP contribution in [0.2, 0.25) is 0 Å². The summed E-state index contributed by atoms with van der Waals surface area (Å²) in [5, 5.41) is 11.6. The SMILES string of the molecule is CCc1nc2ccc(N=C(NC#N)SC)cc2o1. The summed E-state index contributed by atoms with van der Waals surface area (Å²) in [6.07, 6.45) is 4.47. The highest BCUT2D eigenvalue weighted by Crippen LogP contribution is 2.23. The zero-order chi connectivity index (χ0) is 13.0. The number of hydrogen-bond donors (Lipinski definition) is 1. The third-order valence-electron chi connectivity index (χ3n) is 2.31. The highest BCUT2D eigenvalue weighted by atomic mass is 32.2. The Morgan fingerprint density at radius 2 is 2.44 bits per heavy atom. The minimum atomic E-state index is 0.548. The Bertz CT molecular complexity index is 627. The van der Waals surface area contributed by atoms with Crippen molar-refractivity contribution in [3.05, 3.63) is 24.1 Å². The molecule has 0 bridgehead atoms. The van der Waals surface area contributed by atoms with Gasteiger partial charge in [-0.25, -0.2) is 9.98 Å². The van der Waals surface area contributed by atoms with E-state index >= 15 is 0 Å². The molecule has 1 aromatic carbocycles. The molecule has 0 saturated carbocycles. The number of nitrogens with one attached hydrogen (secondary N) is 1. The minimum absolute atomic E-state index is 0.548.